The molecule has 0 saturated carbocycles. The molecule has 0 saturated heterocycles. The summed E-state index contributed by atoms with van der Waals surface area (Å²) >= 11 is 0. The summed E-state index contributed by atoms with van der Waals surface area (Å²) in [7, 11) is -4.42. The highest BCUT2D eigenvalue weighted by Crippen LogP contribution is 2.04. The van der Waals surface area contributed by atoms with Gasteiger partial charge in [-0.3, -0.25) is 9.35 Å². The van der Waals surface area contributed by atoms with Gasteiger partial charge in [0.05, 0.1) is 5.75 Å². The van der Waals surface area contributed by atoms with E-state index >= 15 is 0 Å². The molecule has 0 aliphatic rings. The molecule has 116 valence electrons. The van der Waals surface area contributed by atoms with Crippen molar-refractivity contribution in [3.63, 3.8) is 0 Å². The lowest BCUT2D eigenvalue weighted by atomic mass is 10.1. The number of rotatable bonds is 7. The molecule has 1 aromatic carbocycles. The lowest BCUT2D eigenvalue weighted by Crippen LogP contribution is -2.51. The number of benzene rings is 1. The number of amides is 1. The number of carboxylic acid groups (broad SMARTS) is 1. The van der Waals surface area contributed by atoms with E-state index in [9.17, 15) is 18.0 Å². The first-order valence-corrected chi connectivity index (χ1v) is 7.58. The summed E-state index contributed by atoms with van der Waals surface area (Å²) in [6, 6.07) is 5.81. The van der Waals surface area contributed by atoms with Crippen molar-refractivity contribution in [2.24, 2.45) is 5.73 Å². The Hall–Kier alpha value is -1.97. The summed E-state index contributed by atoms with van der Waals surface area (Å²) in [5.74, 6) is -3.21. The van der Waals surface area contributed by atoms with Crippen LogP contribution in [0.5, 0.6) is 0 Å². The third-order valence-corrected chi connectivity index (χ3v) is 3.40. The Labute approximate surface area is 121 Å². The second-order valence-corrected chi connectivity index (χ2v) is 5.94. The number of nitrogens with two attached hydrogens (primary N) is 1. The van der Waals surface area contributed by atoms with Crippen LogP contribution in [0, 0.1) is 0 Å². The maximum atomic E-state index is 11.7. The van der Waals surface area contributed by atoms with Crippen LogP contribution in [0.25, 0.3) is 0 Å². The molecule has 9 heteroatoms. The van der Waals surface area contributed by atoms with Crippen LogP contribution in [-0.2, 0) is 26.1 Å². The first-order chi connectivity index (χ1) is 9.69. The topological polar surface area (TPSA) is 147 Å². The number of hydrogen-bond donors (Lipinski definition) is 4. The standard InChI is InChI=1S/C12H16N2O6S/c13-9(7-21(18,19)20)11(15)14-10(12(16)17)6-8-4-2-1-3-5-8/h1-5,9-10H,6-7,13H2,(H,14,15)(H,16,17)(H,18,19,20)/t9-,10-/m0/s1. The SMILES string of the molecule is N[C@@H](CS(=O)(=O)O)C(=O)N[C@@H](Cc1ccccc1)C(=O)O. The molecule has 0 aromatic heterocycles. The normalized spacial score (nSPS) is 14.2. The fraction of sp³-hybridized carbons (Fsp3) is 0.333. The van der Waals surface area contributed by atoms with Crippen LogP contribution in [0.1, 0.15) is 5.56 Å². The van der Waals surface area contributed by atoms with Crippen molar-refractivity contribution in [1.82, 2.24) is 5.32 Å². The Balaban J connectivity index is 2.71. The molecule has 1 rings (SSSR count). The average molecular weight is 316 g/mol. The molecule has 2 atom stereocenters. The highest BCUT2D eigenvalue weighted by Gasteiger charge is 2.26. The van der Waals surface area contributed by atoms with Crippen molar-refractivity contribution < 1.29 is 27.7 Å². The number of aliphatic carboxylic acids is 1. The van der Waals surface area contributed by atoms with Crippen LogP contribution in [0.4, 0.5) is 0 Å². The summed E-state index contributed by atoms with van der Waals surface area (Å²) in [4.78, 5) is 22.8. The molecule has 0 aliphatic heterocycles. The van der Waals surface area contributed by atoms with E-state index in [-0.39, 0.29) is 6.42 Å². The minimum atomic E-state index is -4.42. The number of carbonyl (C=O) groups is 2. The lowest BCUT2D eigenvalue weighted by molar-refractivity contribution is -0.141. The van der Waals surface area contributed by atoms with Crippen LogP contribution in [0.2, 0.25) is 0 Å². The zero-order valence-electron chi connectivity index (χ0n) is 11.0. The lowest BCUT2D eigenvalue weighted by Gasteiger charge is -2.17. The van der Waals surface area contributed by atoms with Gasteiger partial charge in [-0.25, -0.2) is 4.79 Å². The van der Waals surface area contributed by atoms with Gasteiger partial charge in [0.25, 0.3) is 10.1 Å². The first-order valence-electron chi connectivity index (χ1n) is 5.97. The highest BCUT2D eigenvalue weighted by molar-refractivity contribution is 7.85. The molecule has 0 heterocycles. The molecule has 0 bridgehead atoms. The molecule has 1 aromatic rings. The molecule has 21 heavy (non-hydrogen) atoms. The summed E-state index contributed by atoms with van der Waals surface area (Å²) in [5.41, 5.74) is 5.99. The van der Waals surface area contributed by atoms with Gasteiger partial charge >= 0.3 is 5.97 Å². The van der Waals surface area contributed by atoms with Gasteiger partial charge in [0.1, 0.15) is 12.1 Å². The zero-order valence-corrected chi connectivity index (χ0v) is 11.8. The quantitative estimate of drug-likeness (QED) is 0.472. The Morgan fingerprint density at radius 1 is 1.24 bits per heavy atom. The van der Waals surface area contributed by atoms with E-state index in [0.717, 1.165) is 0 Å². The van der Waals surface area contributed by atoms with E-state index in [1.165, 1.54) is 0 Å². The molecule has 0 fully saturated rings. The van der Waals surface area contributed by atoms with Crippen LogP contribution in [-0.4, -0.2) is 47.8 Å². The molecule has 0 radical (unpaired) electrons. The van der Waals surface area contributed by atoms with Crippen molar-refractivity contribution >= 4 is 22.0 Å². The monoisotopic (exact) mass is 316 g/mol. The van der Waals surface area contributed by atoms with Crippen molar-refractivity contribution in [2.45, 2.75) is 18.5 Å². The third-order valence-electron chi connectivity index (χ3n) is 2.62. The second-order valence-electron chi connectivity index (χ2n) is 4.44. The Bertz CT molecular complexity index is 601. The van der Waals surface area contributed by atoms with Gasteiger partial charge in [-0.05, 0) is 5.56 Å². The van der Waals surface area contributed by atoms with Crippen molar-refractivity contribution in [3.8, 4) is 0 Å². The van der Waals surface area contributed by atoms with Gasteiger partial charge in [-0.1, -0.05) is 30.3 Å². The Morgan fingerprint density at radius 2 is 1.81 bits per heavy atom. The molecule has 0 spiro atoms. The Kier molecular flexibility index (Phi) is 5.82. The third kappa shape index (κ3) is 6.34. The maximum absolute atomic E-state index is 11.7. The van der Waals surface area contributed by atoms with Gasteiger partial charge in [-0.2, -0.15) is 8.42 Å². The van der Waals surface area contributed by atoms with Gasteiger partial charge in [0, 0.05) is 6.42 Å². The molecular weight excluding hydrogens is 300 g/mol. The maximum Gasteiger partial charge on any atom is 0.326 e. The van der Waals surface area contributed by atoms with Gasteiger partial charge in [0.2, 0.25) is 5.91 Å². The van der Waals surface area contributed by atoms with E-state index in [0.29, 0.717) is 5.56 Å². The van der Waals surface area contributed by atoms with Gasteiger partial charge in [-0.15, -0.1) is 0 Å². The molecule has 1 amide bonds. The van der Waals surface area contributed by atoms with Gasteiger partial charge < -0.3 is 16.2 Å². The smallest absolute Gasteiger partial charge is 0.326 e. The second kappa shape index (κ2) is 7.16. The molecule has 0 unspecified atom stereocenters. The van der Waals surface area contributed by atoms with Gasteiger partial charge in [0.15, 0.2) is 0 Å². The minimum absolute atomic E-state index is 0.0283. The number of carboxylic acids is 1. The summed E-state index contributed by atoms with van der Waals surface area (Å²) in [5, 5.41) is 11.2. The fourth-order valence-corrected chi connectivity index (χ4v) is 2.24. The van der Waals surface area contributed by atoms with Crippen LogP contribution in [0.3, 0.4) is 0 Å². The molecular formula is C12H16N2O6S. The van der Waals surface area contributed by atoms with E-state index < -0.39 is 39.8 Å². The summed E-state index contributed by atoms with van der Waals surface area (Å²) in [6.45, 7) is 0. The fourth-order valence-electron chi connectivity index (χ4n) is 1.63. The van der Waals surface area contributed by atoms with Crippen LogP contribution >= 0.6 is 0 Å². The van der Waals surface area contributed by atoms with E-state index in [4.69, 9.17) is 15.4 Å². The number of hydrogen-bond acceptors (Lipinski definition) is 5. The van der Waals surface area contributed by atoms with Crippen molar-refractivity contribution in [1.29, 1.82) is 0 Å². The van der Waals surface area contributed by atoms with E-state index in [1.807, 2.05) is 0 Å². The van der Waals surface area contributed by atoms with E-state index in [1.54, 1.807) is 30.3 Å². The predicted octanol–water partition coefficient (Wildman–Crippen LogP) is -0.986. The van der Waals surface area contributed by atoms with Crippen molar-refractivity contribution in [3.05, 3.63) is 35.9 Å². The summed E-state index contributed by atoms with van der Waals surface area (Å²) < 4.78 is 29.9. The Morgan fingerprint density at radius 3 is 2.29 bits per heavy atom. The predicted molar refractivity (Wildman–Crippen MR) is 74.1 cm³/mol. The van der Waals surface area contributed by atoms with E-state index in [2.05, 4.69) is 5.32 Å². The van der Waals surface area contributed by atoms with Crippen LogP contribution in [0.15, 0.2) is 30.3 Å². The largest absolute Gasteiger partial charge is 0.480 e. The summed E-state index contributed by atoms with van der Waals surface area (Å²) in [6.07, 6.45) is 0.0283. The van der Waals surface area contributed by atoms with Crippen LogP contribution < -0.4 is 11.1 Å². The number of nitrogens with one attached hydrogen (secondary N) is 1. The highest BCUT2D eigenvalue weighted by atomic mass is 32.2. The number of carbonyl (C=O) groups excluding carboxylic acids is 1. The first kappa shape index (κ1) is 17.1. The zero-order chi connectivity index (χ0) is 16.0. The molecule has 8 nitrogen and oxygen atoms in total. The molecule has 5 N–H and O–H groups in total. The average Bonchev–Trinajstić information content (AvgIpc) is 2.36. The minimum Gasteiger partial charge on any atom is -0.480 e. The van der Waals surface area contributed by atoms with Crippen molar-refractivity contribution in [2.75, 3.05) is 5.75 Å². The molecule has 0 aliphatic carbocycles.